The van der Waals surface area contributed by atoms with Crippen LogP contribution in [0.2, 0.25) is 0 Å². The highest BCUT2D eigenvalue weighted by Crippen LogP contribution is 2.42. The van der Waals surface area contributed by atoms with Gasteiger partial charge in [-0.2, -0.15) is 0 Å². The van der Waals surface area contributed by atoms with Crippen LogP contribution in [0.1, 0.15) is 0 Å². The van der Waals surface area contributed by atoms with Gasteiger partial charge in [0, 0.05) is 34.4 Å². The molecular formula is C19H16BrN3O6S2. The van der Waals surface area contributed by atoms with Gasteiger partial charge in [-0.15, -0.1) is 11.8 Å². The molecule has 0 aliphatic carbocycles. The number of hydrogen-bond acceptors (Lipinski definition) is 7. The van der Waals surface area contributed by atoms with Crippen LogP contribution < -0.4 is 4.72 Å². The fourth-order valence-electron chi connectivity index (χ4n) is 2.80. The first kappa shape index (κ1) is 22.8. The third-order valence-electron chi connectivity index (χ3n) is 4.26. The summed E-state index contributed by atoms with van der Waals surface area (Å²) in [6.45, 7) is 0. The number of nitro benzene ring substituents is 1. The second-order valence-electron chi connectivity index (χ2n) is 6.20. The van der Waals surface area contributed by atoms with Gasteiger partial charge in [-0.3, -0.25) is 19.6 Å². The minimum absolute atomic E-state index is 0.211. The van der Waals surface area contributed by atoms with Crippen molar-refractivity contribution in [3.05, 3.63) is 63.1 Å². The number of carboxylic acids is 1. The van der Waals surface area contributed by atoms with Gasteiger partial charge in [0.25, 0.3) is 5.69 Å². The first-order valence-electron chi connectivity index (χ1n) is 8.62. The quantitative estimate of drug-likeness (QED) is 0.172. The maximum atomic E-state index is 13.6. The number of thioether (sulfide) groups is 1. The maximum Gasteiger partial charge on any atom is 0.313 e. The molecular weight excluding hydrogens is 510 g/mol. The van der Waals surface area contributed by atoms with Crippen LogP contribution in [-0.2, 0) is 14.7 Å². The predicted molar refractivity (Wildman–Crippen MR) is 123 cm³/mol. The Balaban J connectivity index is 2.22. The summed E-state index contributed by atoms with van der Waals surface area (Å²) in [5.74, 6) is -1.61. The molecule has 12 heteroatoms. The zero-order valence-electron chi connectivity index (χ0n) is 15.9. The number of hydrogen-bond donors (Lipinski definition) is 3. The van der Waals surface area contributed by atoms with E-state index in [-0.39, 0.29) is 38.5 Å². The number of anilines is 1. The maximum absolute atomic E-state index is 13.6. The van der Waals surface area contributed by atoms with Crippen LogP contribution >= 0.6 is 27.7 Å². The number of aromatic hydroxyl groups is 1. The van der Waals surface area contributed by atoms with E-state index in [0.29, 0.717) is 4.90 Å². The van der Waals surface area contributed by atoms with E-state index < -0.39 is 20.8 Å². The number of non-ortho nitro benzene ring substituents is 1. The summed E-state index contributed by atoms with van der Waals surface area (Å²) >= 11 is 4.19. The molecule has 0 aliphatic heterocycles. The van der Waals surface area contributed by atoms with Crippen molar-refractivity contribution in [3.63, 3.8) is 0 Å². The number of nitrogens with zero attached hydrogens (tertiary/aromatic N) is 2. The van der Waals surface area contributed by atoms with Crippen LogP contribution in [0.15, 0.2) is 67.2 Å². The molecule has 0 spiro atoms. The molecule has 0 heterocycles. The van der Waals surface area contributed by atoms with Gasteiger partial charge in [0.05, 0.1) is 26.2 Å². The number of carbonyl (C=O) groups is 1. The molecule has 0 aliphatic rings. The van der Waals surface area contributed by atoms with Crippen molar-refractivity contribution in [2.75, 3.05) is 17.5 Å². The summed E-state index contributed by atoms with van der Waals surface area (Å²) in [4.78, 5) is 22.3. The molecule has 0 fully saturated rings. The Bertz CT molecular complexity index is 1300. The summed E-state index contributed by atoms with van der Waals surface area (Å²) < 4.78 is 21.2. The van der Waals surface area contributed by atoms with Crippen molar-refractivity contribution in [3.8, 4) is 5.75 Å². The number of carboxylic acid groups (broad SMARTS) is 1. The second kappa shape index (κ2) is 9.12. The van der Waals surface area contributed by atoms with Gasteiger partial charge in [0.15, 0.2) is 9.92 Å². The van der Waals surface area contributed by atoms with Gasteiger partial charge in [-0.05, 0) is 36.4 Å². The Kier molecular flexibility index (Phi) is 6.72. The number of benzene rings is 3. The van der Waals surface area contributed by atoms with E-state index in [2.05, 4.69) is 25.0 Å². The minimum Gasteiger partial charge on any atom is -0.506 e. The molecule has 0 saturated heterocycles. The Morgan fingerprint density at radius 3 is 2.48 bits per heavy atom. The number of aliphatic carboxylic acids is 1. The second-order valence-corrected chi connectivity index (χ2v) is 10.2. The fourth-order valence-corrected chi connectivity index (χ4v) is 5.18. The molecule has 31 heavy (non-hydrogen) atoms. The van der Waals surface area contributed by atoms with Crippen molar-refractivity contribution < 1.29 is 24.1 Å². The summed E-state index contributed by atoms with van der Waals surface area (Å²) in [5.41, 5.74) is -0.00706. The molecule has 3 N–H and O–H groups in total. The van der Waals surface area contributed by atoms with Gasteiger partial charge in [0.1, 0.15) is 5.75 Å². The van der Waals surface area contributed by atoms with Crippen LogP contribution in [0, 0.1) is 10.1 Å². The monoisotopic (exact) mass is 525 g/mol. The smallest absolute Gasteiger partial charge is 0.313 e. The number of nitro groups is 1. The average Bonchev–Trinajstić information content (AvgIpc) is 2.74. The molecule has 0 radical (unpaired) electrons. The van der Waals surface area contributed by atoms with Gasteiger partial charge in [-0.25, -0.2) is 8.57 Å². The van der Waals surface area contributed by atoms with Crippen molar-refractivity contribution in [1.29, 1.82) is 0 Å². The summed E-state index contributed by atoms with van der Waals surface area (Å²) in [6.07, 6.45) is 0. The molecule has 3 rings (SSSR count). The highest BCUT2D eigenvalue weighted by Gasteiger charge is 2.20. The van der Waals surface area contributed by atoms with Crippen molar-refractivity contribution in [2.45, 2.75) is 9.79 Å². The van der Waals surface area contributed by atoms with Crippen LogP contribution in [0.5, 0.6) is 5.75 Å². The van der Waals surface area contributed by atoms with E-state index in [1.165, 1.54) is 31.3 Å². The van der Waals surface area contributed by atoms with Crippen molar-refractivity contribution in [1.82, 2.24) is 0 Å². The predicted octanol–water partition coefficient (Wildman–Crippen LogP) is 4.88. The molecule has 3 aromatic rings. The van der Waals surface area contributed by atoms with Crippen molar-refractivity contribution in [2.24, 2.45) is 4.36 Å². The molecule has 3 aromatic carbocycles. The highest BCUT2D eigenvalue weighted by molar-refractivity contribution is 9.10. The van der Waals surface area contributed by atoms with E-state index in [1.807, 2.05) is 0 Å². The molecule has 0 aromatic heterocycles. The van der Waals surface area contributed by atoms with Crippen LogP contribution in [0.4, 0.5) is 11.4 Å². The number of phenols is 1. The Morgan fingerprint density at radius 1 is 1.23 bits per heavy atom. The number of nitrogens with one attached hydrogen (secondary N) is 1. The van der Waals surface area contributed by atoms with Gasteiger partial charge < -0.3 is 10.2 Å². The first-order chi connectivity index (χ1) is 14.6. The fraction of sp³-hybridized carbons (Fsp3) is 0.105. The zero-order chi connectivity index (χ0) is 22.8. The average molecular weight is 526 g/mol. The van der Waals surface area contributed by atoms with Gasteiger partial charge in [0.2, 0.25) is 0 Å². The third-order valence-corrected chi connectivity index (χ3v) is 7.72. The van der Waals surface area contributed by atoms with E-state index in [9.17, 15) is 24.2 Å². The minimum atomic E-state index is -3.18. The summed E-state index contributed by atoms with van der Waals surface area (Å²) in [5, 5.41) is 31.3. The standard InChI is InChI=1S/C19H16BrN3O6S2/c1-21-31(29,13-5-2-11(20)3-6-13)22-16-9-17(30-10-18(24)25)19(26)14-7-4-12(23(27)28)8-15(14)16/h2-9,26H,10H2,1H3,(H,24,25)(H,21,22,29). The largest absolute Gasteiger partial charge is 0.506 e. The highest BCUT2D eigenvalue weighted by atomic mass is 79.9. The molecule has 9 nitrogen and oxygen atoms in total. The lowest BCUT2D eigenvalue weighted by Gasteiger charge is -2.17. The SMILES string of the molecule is CN=S(=O)(Nc1cc(SCC(=O)O)c(O)c2ccc([N+](=O)[O-])cc12)c1ccc(Br)cc1. The van der Waals surface area contributed by atoms with Crippen LogP contribution in [-0.4, -0.2) is 38.1 Å². The zero-order valence-corrected chi connectivity index (χ0v) is 19.2. The number of fused-ring (bicyclic) bond motifs is 1. The lowest BCUT2D eigenvalue weighted by atomic mass is 10.1. The van der Waals surface area contributed by atoms with Crippen LogP contribution in [0.25, 0.3) is 10.8 Å². The molecule has 0 bridgehead atoms. The number of rotatable bonds is 7. The molecule has 162 valence electrons. The molecule has 0 saturated carbocycles. The van der Waals surface area contributed by atoms with Crippen molar-refractivity contribution >= 4 is 65.7 Å². The normalized spacial score (nSPS) is 12.8. The summed E-state index contributed by atoms with van der Waals surface area (Å²) in [6, 6.07) is 11.9. The third kappa shape index (κ3) is 4.92. The first-order valence-corrected chi connectivity index (χ1v) is 11.9. The lowest BCUT2D eigenvalue weighted by molar-refractivity contribution is -0.384. The van der Waals surface area contributed by atoms with E-state index in [0.717, 1.165) is 16.2 Å². The van der Waals surface area contributed by atoms with Crippen LogP contribution in [0.3, 0.4) is 0 Å². The topological polar surface area (TPSA) is 142 Å². The van der Waals surface area contributed by atoms with Gasteiger partial charge in [-0.1, -0.05) is 15.9 Å². The molecule has 1 unspecified atom stereocenters. The summed E-state index contributed by atoms with van der Waals surface area (Å²) in [7, 11) is -1.81. The Hall–Kier alpha value is -2.83. The number of halogens is 1. The number of phenolic OH excluding ortho intramolecular Hbond substituents is 1. The molecule has 0 amide bonds. The van der Waals surface area contributed by atoms with E-state index in [1.54, 1.807) is 24.3 Å². The Labute approximate surface area is 190 Å². The van der Waals surface area contributed by atoms with Gasteiger partial charge >= 0.3 is 5.97 Å². The molecule has 1 atom stereocenters. The lowest BCUT2D eigenvalue weighted by Crippen LogP contribution is -2.13. The van der Waals surface area contributed by atoms with E-state index >= 15 is 0 Å². The van der Waals surface area contributed by atoms with E-state index in [4.69, 9.17) is 5.11 Å². The Morgan fingerprint density at radius 2 is 1.90 bits per heavy atom.